The molecule has 0 aromatic heterocycles. The summed E-state index contributed by atoms with van der Waals surface area (Å²) in [7, 11) is 0. The molecule has 0 aliphatic rings. The molecule has 0 bridgehead atoms. The Morgan fingerprint density at radius 2 is 1.39 bits per heavy atom. The Morgan fingerprint density at radius 1 is 0.696 bits per heavy atom. The lowest BCUT2D eigenvalue weighted by molar-refractivity contribution is 0.468. The van der Waals surface area contributed by atoms with Crippen LogP contribution in [0.2, 0.25) is 0 Å². The van der Waals surface area contributed by atoms with Crippen molar-refractivity contribution >= 4 is 0 Å². The zero-order valence-corrected chi connectivity index (χ0v) is 12.8. The fourth-order valence-corrected chi connectivity index (χ4v) is 2.71. The van der Waals surface area contributed by atoms with Crippen molar-refractivity contribution in [1.29, 1.82) is 0 Å². The molecule has 0 saturated heterocycles. The van der Waals surface area contributed by atoms with Crippen LogP contribution in [0.3, 0.4) is 0 Å². The molecule has 3 N–H and O–H groups in total. The third-order valence-corrected chi connectivity index (χ3v) is 3.88. The first-order chi connectivity index (χ1) is 11.0. The summed E-state index contributed by atoms with van der Waals surface area (Å²) in [4.78, 5) is 0. The van der Waals surface area contributed by atoms with Crippen LogP contribution < -0.4 is 0 Å². The number of benzene rings is 3. The molecule has 3 nitrogen and oxygen atoms in total. The normalized spacial score (nSPS) is 10.7. The lowest BCUT2D eigenvalue weighted by atomic mass is 9.93. The minimum Gasteiger partial charge on any atom is -0.508 e. The van der Waals surface area contributed by atoms with Crippen molar-refractivity contribution in [2.45, 2.75) is 13.3 Å². The maximum Gasteiger partial charge on any atom is 0.119 e. The van der Waals surface area contributed by atoms with Crippen molar-refractivity contribution in [2.75, 3.05) is 0 Å². The van der Waals surface area contributed by atoms with Gasteiger partial charge >= 0.3 is 0 Å². The average Bonchev–Trinajstić information content (AvgIpc) is 2.52. The summed E-state index contributed by atoms with van der Waals surface area (Å²) in [6, 6.07) is 17.6. The third-order valence-electron chi connectivity index (χ3n) is 3.88. The van der Waals surface area contributed by atoms with Crippen molar-refractivity contribution < 1.29 is 15.3 Å². The largest absolute Gasteiger partial charge is 0.508 e. The SMILES string of the molecule is Cc1ccc(O)c(Cc2cc(O)ccc2-c2ccc(O)cc2)c1. The number of phenols is 3. The van der Waals surface area contributed by atoms with E-state index in [9.17, 15) is 15.3 Å². The minimum absolute atomic E-state index is 0.190. The molecule has 3 aromatic rings. The van der Waals surface area contributed by atoms with Crippen LogP contribution in [0.1, 0.15) is 16.7 Å². The van der Waals surface area contributed by atoms with E-state index in [1.165, 1.54) is 0 Å². The molecule has 116 valence electrons. The first kappa shape index (κ1) is 15.0. The van der Waals surface area contributed by atoms with Gasteiger partial charge in [0, 0.05) is 6.42 Å². The van der Waals surface area contributed by atoms with Gasteiger partial charge in [0.25, 0.3) is 0 Å². The molecule has 0 spiro atoms. The molecule has 3 rings (SSSR count). The average molecular weight is 306 g/mol. The van der Waals surface area contributed by atoms with Gasteiger partial charge in [-0.3, -0.25) is 0 Å². The Bertz CT molecular complexity index is 836. The van der Waals surface area contributed by atoms with E-state index in [2.05, 4.69) is 0 Å². The Kier molecular flexibility index (Phi) is 3.94. The molecule has 0 unspecified atom stereocenters. The van der Waals surface area contributed by atoms with Gasteiger partial charge < -0.3 is 15.3 Å². The number of aryl methyl sites for hydroxylation is 1. The van der Waals surface area contributed by atoms with E-state index >= 15 is 0 Å². The van der Waals surface area contributed by atoms with Gasteiger partial charge in [0.15, 0.2) is 0 Å². The molecule has 0 radical (unpaired) electrons. The van der Waals surface area contributed by atoms with Crippen LogP contribution in [0.4, 0.5) is 0 Å². The molecule has 23 heavy (non-hydrogen) atoms. The second-order valence-electron chi connectivity index (χ2n) is 5.70. The summed E-state index contributed by atoms with van der Waals surface area (Å²) in [5.74, 6) is 0.649. The maximum absolute atomic E-state index is 10.1. The highest BCUT2D eigenvalue weighted by Crippen LogP contribution is 2.31. The van der Waals surface area contributed by atoms with E-state index in [0.717, 1.165) is 27.8 Å². The van der Waals surface area contributed by atoms with Gasteiger partial charge in [-0.1, -0.05) is 35.9 Å². The van der Waals surface area contributed by atoms with Crippen LogP contribution in [0.25, 0.3) is 11.1 Å². The van der Waals surface area contributed by atoms with Gasteiger partial charge in [0.2, 0.25) is 0 Å². The molecular weight excluding hydrogens is 288 g/mol. The van der Waals surface area contributed by atoms with Crippen molar-refractivity contribution in [3.05, 3.63) is 77.4 Å². The zero-order chi connectivity index (χ0) is 16.4. The fourth-order valence-electron chi connectivity index (χ4n) is 2.71. The molecule has 0 amide bonds. The zero-order valence-electron chi connectivity index (χ0n) is 12.8. The lowest BCUT2D eigenvalue weighted by Gasteiger charge is -2.12. The number of hydrogen-bond acceptors (Lipinski definition) is 3. The van der Waals surface area contributed by atoms with E-state index < -0.39 is 0 Å². The third kappa shape index (κ3) is 3.29. The molecule has 0 saturated carbocycles. The molecule has 3 aromatic carbocycles. The van der Waals surface area contributed by atoms with E-state index in [0.29, 0.717) is 6.42 Å². The predicted octanol–water partition coefficient (Wildman–Crippen LogP) is 4.37. The van der Waals surface area contributed by atoms with Gasteiger partial charge in [-0.25, -0.2) is 0 Å². The first-order valence-electron chi connectivity index (χ1n) is 7.43. The van der Waals surface area contributed by atoms with Crippen LogP contribution in [0, 0.1) is 6.92 Å². The Labute approximate surface area is 135 Å². The summed E-state index contributed by atoms with van der Waals surface area (Å²) in [6.45, 7) is 1.98. The summed E-state index contributed by atoms with van der Waals surface area (Å²) in [5.41, 5.74) is 4.71. The molecule has 0 fully saturated rings. The Hall–Kier alpha value is -2.94. The van der Waals surface area contributed by atoms with Crippen LogP contribution >= 0.6 is 0 Å². The summed E-state index contributed by atoms with van der Waals surface area (Å²) in [5, 5.41) is 29.3. The van der Waals surface area contributed by atoms with E-state index in [-0.39, 0.29) is 17.2 Å². The molecular formula is C20H18O3. The highest BCUT2D eigenvalue weighted by atomic mass is 16.3. The molecule has 0 aliphatic heterocycles. The topological polar surface area (TPSA) is 60.7 Å². The van der Waals surface area contributed by atoms with Crippen molar-refractivity contribution in [3.8, 4) is 28.4 Å². The fraction of sp³-hybridized carbons (Fsp3) is 0.100. The van der Waals surface area contributed by atoms with E-state index in [1.807, 2.05) is 37.3 Å². The maximum atomic E-state index is 10.1. The minimum atomic E-state index is 0.190. The summed E-state index contributed by atoms with van der Waals surface area (Å²) >= 11 is 0. The highest BCUT2D eigenvalue weighted by molar-refractivity contribution is 5.69. The van der Waals surface area contributed by atoms with Gasteiger partial charge in [0.05, 0.1) is 0 Å². The highest BCUT2D eigenvalue weighted by Gasteiger charge is 2.10. The Balaban J connectivity index is 2.06. The molecule has 0 atom stereocenters. The second-order valence-corrected chi connectivity index (χ2v) is 5.70. The summed E-state index contributed by atoms with van der Waals surface area (Å²) < 4.78 is 0. The summed E-state index contributed by atoms with van der Waals surface area (Å²) in [6.07, 6.45) is 0.512. The number of aromatic hydroxyl groups is 3. The van der Waals surface area contributed by atoms with Gasteiger partial charge in [-0.2, -0.15) is 0 Å². The van der Waals surface area contributed by atoms with Gasteiger partial charge in [0.1, 0.15) is 17.2 Å². The van der Waals surface area contributed by atoms with E-state index in [1.54, 1.807) is 30.3 Å². The lowest BCUT2D eigenvalue weighted by Crippen LogP contribution is -1.94. The number of hydrogen-bond donors (Lipinski definition) is 3. The molecule has 0 aliphatic carbocycles. The second kappa shape index (κ2) is 6.05. The standard InChI is InChI=1S/C20H18O3/c1-13-2-9-20(23)16(10-13)11-15-12-18(22)7-8-19(15)14-3-5-17(21)6-4-14/h2-10,12,21-23H,11H2,1H3. The first-order valence-corrected chi connectivity index (χ1v) is 7.43. The number of rotatable bonds is 3. The van der Waals surface area contributed by atoms with Crippen LogP contribution in [0.5, 0.6) is 17.2 Å². The smallest absolute Gasteiger partial charge is 0.119 e. The van der Waals surface area contributed by atoms with Gasteiger partial charge in [-0.15, -0.1) is 0 Å². The Morgan fingerprint density at radius 3 is 2.13 bits per heavy atom. The number of phenolic OH excluding ortho intramolecular Hbond substituents is 3. The van der Waals surface area contributed by atoms with Crippen molar-refractivity contribution in [2.24, 2.45) is 0 Å². The van der Waals surface area contributed by atoms with Crippen LogP contribution in [0.15, 0.2) is 60.7 Å². The molecule has 3 heteroatoms. The molecule has 0 heterocycles. The van der Waals surface area contributed by atoms with Crippen molar-refractivity contribution in [1.82, 2.24) is 0 Å². The van der Waals surface area contributed by atoms with E-state index in [4.69, 9.17) is 0 Å². The predicted molar refractivity (Wildman–Crippen MR) is 90.9 cm³/mol. The monoisotopic (exact) mass is 306 g/mol. The van der Waals surface area contributed by atoms with Crippen molar-refractivity contribution in [3.63, 3.8) is 0 Å². The van der Waals surface area contributed by atoms with Crippen LogP contribution in [-0.4, -0.2) is 15.3 Å². The van der Waals surface area contributed by atoms with Crippen LogP contribution in [-0.2, 0) is 6.42 Å². The van der Waals surface area contributed by atoms with Gasteiger partial charge in [-0.05, 0) is 59.5 Å². The quantitative estimate of drug-likeness (QED) is 0.673.